The van der Waals surface area contributed by atoms with Crippen LogP contribution in [0.25, 0.3) is 0 Å². The van der Waals surface area contributed by atoms with Gasteiger partial charge in [0.2, 0.25) is 6.29 Å². The molecule has 26 heavy (non-hydrogen) atoms. The van der Waals surface area contributed by atoms with Crippen LogP contribution in [0.2, 0.25) is 0 Å². The van der Waals surface area contributed by atoms with Gasteiger partial charge in [-0.25, -0.2) is 0 Å². The Bertz CT molecular complexity index is 595. The molecule has 2 aliphatic heterocycles. The van der Waals surface area contributed by atoms with Crippen molar-refractivity contribution in [2.75, 3.05) is 26.3 Å². The number of piperidine rings is 1. The minimum atomic E-state index is -0.454. The molecule has 2 aliphatic rings. The van der Waals surface area contributed by atoms with Gasteiger partial charge in [-0.3, -0.25) is 4.79 Å². The van der Waals surface area contributed by atoms with Crippen LogP contribution in [-0.2, 0) is 14.3 Å². The molecule has 1 aromatic heterocycles. The summed E-state index contributed by atoms with van der Waals surface area (Å²) in [5.74, 6) is 0.563. The molecular formula is C20H29NO4S. The summed E-state index contributed by atoms with van der Waals surface area (Å²) in [5, 5.41) is 13.5. The number of allylic oxidation sites excluding steroid dienone is 1. The molecule has 0 bridgehead atoms. The number of aliphatic hydroxyl groups is 1. The maximum atomic E-state index is 13.0. The van der Waals surface area contributed by atoms with E-state index in [1.807, 2.05) is 17.9 Å². The topological polar surface area (TPSA) is 59.0 Å². The maximum absolute atomic E-state index is 13.0. The molecule has 0 radical (unpaired) electrons. The minimum Gasteiger partial charge on any atom is -0.459 e. The molecule has 1 saturated heterocycles. The number of aliphatic hydroxyl groups excluding tert-OH is 1. The Balaban J connectivity index is 1.87. The van der Waals surface area contributed by atoms with Crippen molar-refractivity contribution in [3.63, 3.8) is 0 Å². The van der Waals surface area contributed by atoms with E-state index in [4.69, 9.17) is 9.47 Å². The quantitative estimate of drug-likeness (QED) is 0.788. The van der Waals surface area contributed by atoms with Crippen LogP contribution in [0.1, 0.15) is 50.5 Å². The molecule has 5 nitrogen and oxygen atoms in total. The van der Waals surface area contributed by atoms with Crippen LogP contribution in [0.3, 0.4) is 0 Å². The number of thiophene rings is 1. The SMILES string of the molecule is CCO[C@H]1OC(C(=O)N2CCCCC2)=C[C@@H](c2ccsc2)[C@H]1CCCO. The largest absolute Gasteiger partial charge is 0.459 e. The number of carbonyl (C=O) groups excluding carboxylic acids is 1. The van der Waals surface area contributed by atoms with Gasteiger partial charge in [0.25, 0.3) is 5.91 Å². The highest BCUT2D eigenvalue weighted by Gasteiger charge is 2.39. The van der Waals surface area contributed by atoms with Crippen LogP contribution in [0.15, 0.2) is 28.7 Å². The average molecular weight is 380 g/mol. The Labute approximate surface area is 159 Å². The van der Waals surface area contributed by atoms with Gasteiger partial charge in [0, 0.05) is 38.1 Å². The van der Waals surface area contributed by atoms with Crippen LogP contribution in [0.5, 0.6) is 0 Å². The third-order valence-electron chi connectivity index (χ3n) is 5.19. The third kappa shape index (κ3) is 4.48. The first-order chi connectivity index (χ1) is 12.7. The maximum Gasteiger partial charge on any atom is 0.288 e. The normalized spacial score (nSPS) is 26.3. The Morgan fingerprint density at radius 3 is 2.85 bits per heavy atom. The van der Waals surface area contributed by atoms with Crippen molar-refractivity contribution in [1.82, 2.24) is 4.90 Å². The molecule has 3 atom stereocenters. The van der Waals surface area contributed by atoms with Crippen LogP contribution in [-0.4, -0.2) is 48.5 Å². The lowest BCUT2D eigenvalue weighted by molar-refractivity contribution is -0.170. The van der Waals surface area contributed by atoms with Gasteiger partial charge >= 0.3 is 0 Å². The number of carbonyl (C=O) groups is 1. The highest BCUT2D eigenvalue weighted by atomic mass is 32.1. The predicted octanol–water partition coefficient (Wildman–Crippen LogP) is 3.51. The van der Waals surface area contributed by atoms with Crippen molar-refractivity contribution in [3.05, 3.63) is 34.2 Å². The highest BCUT2D eigenvalue weighted by molar-refractivity contribution is 7.08. The van der Waals surface area contributed by atoms with E-state index < -0.39 is 6.29 Å². The molecule has 0 spiro atoms. The number of nitrogens with zero attached hydrogens (tertiary/aromatic N) is 1. The summed E-state index contributed by atoms with van der Waals surface area (Å²) in [6.45, 7) is 4.22. The number of hydrogen-bond donors (Lipinski definition) is 1. The van der Waals surface area contributed by atoms with E-state index in [1.165, 1.54) is 12.0 Å². The summed E-state index contributed by atoms with van der Waals surface area (Å²) in [5.41, 5.74) is 1.19. The summed E-state index contributed by atoms with van der Waals surface area (Å²) in [7, 11) is 0. The predicted molar refractivity (Wildman–Crippen MR) is 102 cm³/mol. The Morgan fingerprint density at radius 1 is 1.38 bits per heavy atom. The van der Waals surface area contributed by atoms with E-state index in [0.717, 1.165) is 32.4 Å². The second kappa shape index (κ2) is 9.53. The molecule has 3 heterocycles. The van der Waals surface area contributed by atoms with Crippen molar-refractivity contribution in [3.8, 4) is 0 Å². The van der Waals surface area contributed by atoms with Crippen molar-refractivity contribution < 1.29 is 19.4 Å². The number of ether oxygens (including phenoxy) is 2. The van der Waals surface area contributed by atoms with Crippen LogP contribution in [0, 0.1) is 5.92 Å². The van der Waals surface area contributed by atoms with E-state index in [-0.39, 0.29) is 24.3 Å². The van der Waals surface area contributed by atoms with Gasteiger partial charge < -0.3 is 19.5 Å². The molecule has 1 N–H and O–H groups in total. The molecule has 0 aromatic carbocycles. The molecule has 6 heteroatoms. The lowest BCUT2D eigenvalue weighted by Gasteiger charge is -2.38. The molecule has 1 aromatic rings. The molecule has 3 rings (SSSR count). The third-order valence-corrected chi connectivity index (χ3v) is 5.90. The van der Waals surface area contributed by atoms with E-state index in [2.05, 4.69) is 16.8 Å². The molecular weight excluding hydrogens is 350 g/mol. The standard InChI is InChI=1S/C20H29NO4S/c1-2-24-20-16(7-6-11-22)17(15-8-12-26-14-15)13-18(25-20)19(23)21-9-4-3-5-10-21/h8,12-14,16-17,20,22H,2-7,9-11H2,1H3/t16-,17+,20+/m1/s1. The van der Waals surface area contributed by atoms with E-state index >= 15 is 0 Å². The zero-order valence-corrected chi connectivity index (χ0v) is 16.2. The summed E-state index contributed by atoms with van der Waals surface area (Å²) >= 11 is 1.66. The summed E-state index contributed by atoms with van der Waals surface area (Å²) in [6, 6.07) is 2.11. The number of amides is 1. The fourth-order valence-corrected chi connectivity index (χ4v) is 4.56. The molecule has 1 fully saturated rings. The van der Waals surface area contributed by atoms with Gasteiger partial charge in [0.1, 0.15) is 0 Å². The van der Waals surface area contributed by atoms with Crippen LogP contribution >= 0.6 is 11.3 Å². The van der Waals surface area contributed by atoms with Gasteiger partial charge in [-0.1, -0.05) is 0 Å². The monoisotopic (exact) mass is 379 g/mol. The minimum absolute atomic E-state index is 0.0183. The van der Waals surface area contributed by atoms with Crippen molar-refractivity contribution in [1.29, 1.82) is 0 Å². The molecule has 0 saturated carbocycles. The van der Waals surface area contributed by atoms with Crippen LogP contribution in [0.4, 0.5) is 0 Å². The Hall–Kier alpha value is -1.37. The van der Waals surface area contributed by atoms with Gasteiger partial charge in [-0.05, 0) is 67.5 Å². The van der Waals surface area contributed by atoms with Crippen molar-refractivity contribution in [2.24, 2.45) is 5.92 Å². The fraction of sp³-hybridized carbons (Fsp3) is 0.650. The zero-order chi connectivity index (χ0) is 18.4. The number of likely N-dealkylation sites (tertiary alicyclic amines) is 1. The van der Waals surface area contributed by atoms with E-state index in [9.17, 15) is 9.90 Å². The average Bonchev–Trinajstić information content (AvgIpc) is 3.21. The first-order valence-corrected chi connectivity index (χ1v) is 10.6. The first-order valence-electron chi connectivity index (χ1n) is 9.67. The second-order valence-corrected chi connectivity index (χ2v) is 7.72. The van der Waals surface area contributed by atoms with Gasteiger partial charge in [-0.15, -0.1) is 0 Å². The zero-order valence-electron chi connectivity index (χ0n) is 15.4. The first kappa shape index (κ1) is 19.4. The molecule has 1 amide bonds. The summed E-state index contributed by atoms with van der Waals surface area (Å²) in [4.78, 5) is 14.9. The summed E-state index contributed by atoms with van der Waals surface area (Å²) in [6.07, 6.45) is 6.32. The Morgan fingerprint density at radius 2 is 2.19 bits per heavy atom. The smallest absolute Gasteiger partial charge is 0.288 e. The van der Waals surface area contributed by atoms with Crippen LogP contribution < -0.4 is 0 Å². The second-order valence-electron chi connectivity index (χ2n) is 6.94. The van der Waals surface area contributed by atoms with Gasteiger partial charge in [-0.2, -0.15) is 11.3 Å². The fourth-order valence-electron chi connectivity index (χ4n) is 3.85. The summed E-state index contributed by atoms with van der Waals surface area (Å²) < 4.78 is 11.9. The van der Waals surface area contributed by atoms with E-state index in [1.54, 1.807) is 11.3 Å². The van der Waals surface area contributed by atoms with Crippen molar-refractivity contribution >= 4 is 17.2 Å². The lowest BCUT2D eigenvalue weighted by Crippen LogP contribution is -2.42. The van der Waals surface area contributed by atoms with Gasteiger partial charge in [0.15, 0.2) is 5.76 Å². The molecule has 144 valence electrons. The number of rotatable bonds is 7. The van der Waals surface area contributed by atoms with E-state index in [0.29, 0.717) is 18.8 Å². The molecule has 0 unspecified atom stereocenters. The van der Waals surface area contributed by atoms with Gasteiger partial charge in [0.05, 0.1) is 0 Å². The number of hydrogen-bond acceptors (Lipinski definition) is 5. The Kier molecular flexibility index (Phi) is 7.11. The highest BCUT2D eigenvalue weighted by Crippen LogP contribution is 2.40. The lowest BCUT2D eigenvalue weighted by atomic mass is 9.81. The molecule has 0 aliphatic carbocycles. The van der Waals surface area contributed by atoms with Crippen molar-refractivity contribution in [2.45, 2.75) is 51.2 Å².